The Kier molecular flexibility index (Phi) is 4.62. The molecule has 18 heavy (non-hydrogen) atoms. The Morgan fingerprint density at radius 2 is 2.11 bits per heavy atom. The monoisotopic (exact) mass is 254 g/mol. The van der Waals surface area contributed by atoms with E-state index in [1.165, 1.54) is 12.8 Å². The van der Waals surface area contributed by atoms with Crippen molar-refractivity contribution in [3.63, 3.8) is 0 Å². The molecular weight excluding hydrogens is 228 g/mol. The zero-order chi connectivity index (χ0) is 13.0. The highest BCUT2D eigenvalue weighted by Crippen LogP contribution is 2.23. The summed E-state index contributed by atoms with van der Waals surface area (Å²) in [5.41, 5.74) is -0.0190. The highest BCUT2D eigenvalue weighted by molar-refractivity contribution is 5.76. The average Bonchev–Trinajstić information content (AvgIpc) is 2.81. The van der Waals surface area contributed by atoms with Gasteiger partial charge in [0.05, 0.1) is 5.60 Å². The number of nitrogens with one attached hydrogen (secondary N) is 1. The molecule has 4 nitrogen and oxygen atoms in total. The van der Waals surface area contributed by atoms with E-state index in [0.717, 1.165) is 39.1 Å². The smallest absolute Gasteiger partial charge is 0.223 e. The van der Waals surface area contributed by atoms with Gasteiger partial charge in [0.2, 0.25) is 5.91 Å². The Balaban J connectivity index is 1.64. The quantitative estimate of drug-likeness (QED) is 0.827. The number of hydrogen-bond acceptors (Lipinski definition) is 3. The molecule has 0 spiro atoms. The van der Waals surface area contributed by atoms with Crippen LogP contribution in [0.2, 0.25) is 0 Å². The normalized spacial score (nSPS) is 27.4. The molecule has 2 fully saturated rings. The van der Waals surface area contributed by atoms with E-state index in [-0.39, 0.29) is 5.60 Å². The largest absolute Gasteiger partial charge is 0.375 e. The Morgan fingerprint density at radius 1 is 1.39 bits per heavy atom. The lowest BCUT2D eigenvalue weighted by atomic mass is 9.94. The van der Waals surface area contributed by atoms with Crippen molar-refractivity contribution in [2.75, 3.05) is 26.2 Å². The first kappa shape index (κ1) is 13.8. The van der Waals surface area contributed by atoms with E-state index in [2.05, 4.69) is 19.2 Å². The molecule has 2 aliphatic heterocycles. The van der Waals surface area contributed by atoms with Gasteiger partial charge in [-0.05, 0) is 39.5 Å². The minimum Gasteiger partial charge on any atom is -0.375 e. The maximum Gasteiger partial charge on any atom is 0.223 e. The second-order valence-corrected chi connectivity index (χ2v) is 6.09. The van der Waals surface area contributed by atoms with Crippen LogP contribution in [-0.4, -0.2) is 48.7 Å². The van der Waals surface area contributed by atoms with Crippen molar-refractivity contribution in [3.8, 4) is 0 Å². The summed E-state index contributed by atoms with van der Waals surface area (Å²) >= 11 is 0. The molecule has 2 aliphatic rings. The molecule has 104 valence electrons. The highest BCUT2D eigenvalue weighted by Gasteiger charge is 2.28. The van der Waals surface area contributed by atoms with E-state index in [4.69, 9.17) is 4.74 Å². The van der Waals surface area contributed by atoms with Crippen LogP contribution in [0.25, 0.3) is 0 Å². The molecule has 0 saturated carbocycles. The molecule has 0 aromatic rings. The van der Waals surface area contributed by atoms with Crippen molar-refractivity contribution in [1.82, 2.24) is 10.2 Å². The summed E-state index contributed by atoms with van der Waals surface area (Å²) in [7, 11) is 0. The molecule has 0 aliphatic carbocycles. The summed E-state index contributed by atoms with van der Waals surface area (Å²) < 4.78 is 5.69. The predicted molar refractivity (Wildman–Crippen MR) is 71.5 cm³/mol. The third-order valence-corrected chi connectivity index (χ3v) is 3.93. The van der Waals surface area contributed by atoms with Crippen LogP contribution in [0.15, 0.2) is 0 Å². The van der Waals surface area contributed by atoms with Crippen molar-refractivity contribution in [2.45, 2.75) is 57.6 Å². The lowest BCUT2D eigenvalue weighted by Gasteiger charge is -2.36. The second kappa shape index (κ2) is 6.02. The van der Waals surface area contributed by atoms with E-state index < -0.39 is 0 Å². The van der Waals surface area contributed by atoms with Gasteiger partial charge in [-0.3, -0.25) is 4.79 Å². The Hall–Kier alpha value is -0.610. The maximum atomic E-state index is 11.9. The first-order valence-electron chi connectivity index (χ1n) is 7.22. The minimum atomic E-state index is -0.0190. The standard InChI is InChI=1S/C14H26N2O2/c1-14(2)11-12(6-10-18-14)15-7-5-13(17)16-8-3-4-9-16/h12,15H,3-11H2,1-2H3. The fourth-order valence-electron chi connectivity index (χ4n) is 2.91. The topological polar surface area (TPSA) is 41.6 Å². The van der Waals surface area contributed by atoms with E-state index in [1.54, 1.807) is 0 Å². The maximum absolute atomic E-state index is 11.9. The molecule has 1 amide bonds. The number of hydrogen-bond donors (Lipinski definition) is 1. The molecule has 0 aromatic heterocycles. The van der Waals surface area contributed by atoms with Crippen molar-refractivity contribution < 1.29 is 9.53 Å². The molecule has 2 heterocycles. The summed E-state index contributed by atoms with van der Waals surface area (Å²) in [5, 5.41) is 3.50. The van der Waals surface area contributed by atoms with Crippen molar-refractivity contribution in [1.29, 1.82) is 0 Å². The lowest BCUT2D eigenvalue weighted by Crippen LogP contribution is -2.44. The highest BCUT2D eigenvalue weighted by atomic mass is 16.5. The van der Waals surface area contributed by atoms with Crippen LogP contribution < -0.4 is 5.32 Å². The van der Waals surface area contributed by atoms with Gasteiger partial charge in [-0.2, -0.15) is 0 Å². The molecule has 1 N–H and O–H groups in total. The van der Waals surface area contributed by atoms with Gasteiger partial charge in [0.25, 0.3) is 0 Å². The summed E-state index contributed by atoms with van der Waals surface area (Å²) in [6, 6.07) is 0.500. The Morgan fingerprint density at radius 3 is 2.78 bits per heavy atom. The molecule has 0 bridgehead atoms. The average molecular weight is 254 g/mol. The van der Waals surface area contributed by atoms with Gasteiger partial charge in [-0.1, -0.05) is 0 Å². The van der Waals surface area contributed by atoms with Crippen molar-refractivity contribution in [3.05, 3.63) is 0 Å². The number of carbonyl (C=O) groups excluding carboxylic acids is 1. The van der Waals surface area contributed by atoms with Crippen LogP contribution in [0.5, 0.6) is 0 Å². The number of rotatable bonds is 4. The first-order chi connectivity index (χ1) is 8.57. The van der Waals surface area contributed by atoms with Gasteiger partial charge >= 0.3 is 0 Å². The summed E-state index contributed by atoms with van der Waals surface area (Å²) in [4.78, 5) is 13.9. The molecule has 2 rings (SSSR count). The number of carbonyl (C=O) groups is 1. The zero-order valence-corrected chi connectivity index (χ0v) is 11.7. The van der Waals surface area contributed by atoms with Gasteiger partial charge < -0.3 is 15.0 Å². The third-order valence-electron chi connectivity index (χ3n) is 3.93. The summed E-state index contributed by atoms with van der Waals surface area (Å²) in [6.07, 6.45) is 5.07. The first-order valence-corrected chi connectivity index (χ1v) is 7.22. The van der Waals surface area contributed by atoms with Gasteiger partial charge in [0.1, 0.15) is 0 Å². The summed E-state index contributed by atoms with van der Waals surface area (Å²) in [5.74, 6) is 0.311. The van der Waals surface area contributed by atoms with E-state index in [1.807, 2.05) is 4.90 Å². The lowest BCUT2D eigenvalue weighted by molar-refractivity contribution is -0.130. The van der Waals surface area contributed by atoms with Gasteiger partial charge in [0, 0.05) is 38.7 Å². The van der Waals surface area contributed by atoms with Crippen LogP contribution in [-0.2, 0) is 9.53 Å². The van der Waals surface area contributed by atoms with Crippen molar-refractivity contribution in [2.24, 2.45) is 0 Å². The van der Waals surface area contributed by atoms with Crippen LogP contribution in [0.1, 0.15) is 46.0 Å². The van der Waals surface area contributed by atoms with Gasteiger partial charge in [0.15, 0.2) is 0 Å². The fraction of sp³-hybridized carbons (Fsp3) is 0.929. The predicted octanol–water partition coefficient (Wildman–Crippen LogP) is 1.55. The zero-order valence-electron chi connectivity index (χ0n) is 11.7. The molecular formula is C14H26N2O2. The van der Waals surface area contributed by atoms with Crippen molar-refractivity contribution >= 4 is 5.91 Å². The molecule has 0 radical (unpaired) electrons. The fourth-order valence-corrected chi connectivity index (χ4v) is 2.91. The molecule has 1 unspecified atom stereocenters. The molecule has 0 aromatic carbocycles. The number of ether oxygens (including phenoxy) is 1. The SMILES string of the molecule is CC1(C)CC(NCCC(=O)N2CCCC2)CCO1. The van der Waals surface area contributed by atoms with E-state index >= 15 is 0 Å². The number of amides is 1. The third kappa shape index (κ3) is 3.95. The minimum absolute atomic E-state index is 0.0190. The Labute approximate surface area is 110 Å². The van der Waals surface area contributed by atoms with E-state index in [0.29, 0.717) is 18.4 Å². The van der Waals surface area contributed by atoms with Crippen LogP contribution >= 0.6 is 0 Å². The van der Waals surface area contributed by atoms with Crippen LogP contribution in [0.4, 0.5) is 0 Å². The molecule has 4 heteroatoms. The number of likely N-dealkylation sites (tertiary alicyclic amines) is 1. The molecule has 2 saturated heterocycles. The Bertz CT molecular complexity index is 286. The van der Waals surface area contributed by atoms with Gasteiger partial charge in [-0.15, -0.1) is 0 Å². The summed E-state index contributed by atoms with van der Waals surface area (Å²) in [6.45, 7) is 7.82. The van der Waals surface area contributed by atoms with Gasteiger partial charge in [-0.25, -0.2) is 0 Å². The van der Waals surface area contributed by atoms with Crippen LogP contribution in [0.3, 0.4) is 0 Å². The van der Waals surface area contributed by atoms with E-state index in [9.17, 15) is 4.79 Å². The second-order valence-electron chi connectivity index (χ2n) is 6.09. The number of nitrogens with zero attached hydrogens (tertiary/aromatic N) is 1. The molecule has 1 atom stereocenters. The van der Waals surface area contributed by atoms with Crippen LogP contribution in [0, 0.1) is 0 Å².